The second kappa shape index (κ2) is 7.75. The summed E-state index contributed by atoms with van der Waals surface area (Å²) in [5, 5.41) is 0. The molecule has 1 atom stereocenters. The third-order valence-corrected chi connectivity index (χ3v) is 5.23. The summed E-state index contributed by atoms with van der Waals surface area (Å²) in [5.41, 5.74) is 2.06. The van der Waals surface area contributed by atoms with Crippen LogP contribution in [-0.2, 0) is 0 Å². The van der Waals surface area contributed by atoms with Gasteiger partial charge in [-0.05, 0) is 73.7 Å². The molecule has 0 spiro atoms. The molecular weight excluding hydrogens is 467 g/mol. The van der Waals surface area contributed by atoms with Crippen LogP contribution in [0.5, 0.6) is 5.75 Å². The van der Waals surface area contributed by atoms with Crippen molar-refractivity contribution in [2.45, 2.75) is 18.2 Å². The molecule has 2 rings (SSSR count). The van der Waals surface area contributed by atoms with Gasteiger partial charge in [-0.1, -0.05) is 35.0 Å². The zero-order chi connectivity index (χ0) is 15.4. The summed E-state index contributed by atoms with van der Waals surface area (Å²) in [7, 11) is 0. The molecule has 0 aliphatic heterocycles. The first-order valence-corrected chi connectivity index (χ1v) is 9.04. The number of ether oxygens (including phenoxy) is 1. The van der Waals surface area contributed by atoms with Crippen molar-refractivity contribution in [2.75, 3.05) is 6.61 Å². The van der Waals surface area contributed by atoms with E-state index in [0.717, 1.165) is 27.8 Å². The van der Waals surface area contributed by atoms with Crippen LogP contribution in [0.4, 0.5) is 4.39 Å². The van der Waals surface area contributed by atoms with E-state index in [9.17, 15) is 4.39 Å². The lowest BCUT2D eigenvalue weighted by molar-refractivity contribution is 0.315. The SMILES string of the molecule is CCCOc1ccc(C(Br)c2ccc(F)c(Br)c2)cc1Br. The van der Waals surface area contributed by atoms with Gasteiger partial charge in [-0.25, -0.2) is 4.39 Å². The van der Waals surface area contributed by atoms with Gasteiger partial charge >= 0.3 is 0 Å². The van der Waals surface area contributed by atoms with Crippen LogP contribution in [-0.4, -0.2) is 6.61 Å². The summed E-state index contributed by atoms with van der Waals surface area (Å²) >= 11 is 10.4. The van der Waals surface area contributed by atoms with Gasteiger partial charge in [0.15, 0.2) is 0 Å². The minimum absolute atomic E-state index is 0.00840. The molecule has 0 amide bonds. The first-order chi connectivity index (χ1) is 10.0. The summed E-state index contributed by atoms with van der Waals surface area (Å²) < 4.78 is 20.3. The topological polar surface area (TPSA) is 9.23 Å². The maximum Gasteiger partial charge on any atom is 0.137 e. The molecule has 0 fully saturated rings. The molecule has 0 aromatic heterocycles. The quantitative estimate of drug-likeness (QED) is 0.437. The molecule has 112 valence electrons. The molecule has 0 bridgehead atoms. The molecule has 2 aromatic carbocycles. The Morgan fingerprint density at radius 3 is 2.24 bits per heavy atom. The number of benzene rings is 2. The lowest BCUT2D eigenvalue weighted by atomic mass is 10.0. The van der Waals surface area contributed by atoms with Gasteiger partial charge in [0, 0.05) is 0 Å². The van der Waals surface area contributed by atoms with Gasteiger partial charge in [-0.2, -0.15) is 0 Å². The third-order valence-electron chi connectivity index (χ3n) is 2.95. The molecule has 1 nitrogen and oxygen atoms in total. The van der Waals surface area contributed by atoms with E-state index in [0.29, 0.717) is 11.1 Å². The summed E-state index contributed by atoms with van der Waals surface area (Å²) in [6, 6.07) is 11.0. The van der Waals surface area contributed by atoms with Crippen molar-refractivity contribution in [3.05, 3.63) is 62.3 Å². The number of hydrogen-bond acceptors (Lipinski definition) is 1. The number of alkyl halides is 1. The number of rotatable bonds is 5. The number of hydrogen-bond donors (Lipinski definition) is 0. The molecule has 2 aromatic rings. The van der Waals surface area contributed by atoms with E-state index in [1.54, 1.807) is 12.1 Å². The van der Waals surface area contributed by atoms with E-state index in [1.807, 2.05) is 18.2 Å². The van der Waals surface area contributed by atoms with Gasteiger partial charge < -0.3 is 4.74 Å². The highest BCUT2D eigenvalue weighted by Crippen LogP contribution is 2.36. The molecular formula is C16H14Br3FO. The van der Waals surface area contributed by atoms with Gasteiger partial charge in [0.25, 0.3) is 0 Å². The van der Waals surface area contributed by atoms with E-state index < -0.39 is 0 Å². The fourth-order valence-electron chi connectivity index (χ4n) is 1.87. The maximum atomic E-state index is 13.3. The van der Waals surface area contributed by atoms with E-state index in [2.05, 4.69) is 54.7 Å². The van der Waals surface area contributed by atoms with Crippen LogP contribution in [0.2, 0.25) is 0 Å². The highest BCUT2D eigenvalue weighted by atomic mass is 79.9. The monoisotopic (exact) mass is 478 g/mol. The van der Waals surface area contributed by atoms with E-state index in [-0.39, 0.29) is 10.6 Å². The fourth-order valence-corrected chi connectivity index (χ4v) is 3.34. The average Bonchev–Trinajstić information content (AvgIpc) is 2.48. The van der Waals surface area contributed by atoms with Crippen molar-refractivity contribution in [2.24, 2.45) is 0 Å². The van der Waals surface area contributed by atoms with Crippen LogP contribution in [0.1, 0.15) is 29.3 Å². The van der Waals surface area contributed by atoms with Gasteiger partial charge in [0.05, 0.1) is 20.4 Å². The van der Waals surface area contributed by atoms with E-state index >= 15 is 0 Å². The Balaban J connectivity index is 2.24. The molecule has 21 heavy (non-hydrogen) atoms. The summed E-state index contributed by atoms with van der Waals surface area (Å²) in [4.78, 5) is -0.00840. The second-order valence-corrected chi connectivity index (χ2v) is 7.20. The molecule has 0 N–H and O–H groups in total. The van der Waals surface area contributed by atoms with Gasteiger partial charge in [0.2, 0.25) is 0 Å². The van der Waals surface area contributed by atoms with Gasteiger partial charge in [0.1, 0.15) is 11.6 Å². The van der Waals surface area contributed by atoms with Crippen LogP contribution < -0.4 is 4.74 Å². The summed E-state index contributed by atoms with van der Waals surface area (Å²) in [6.45, 7) is 2.77. The normalized spacial score (nSPS) is 12.2. The Bertz CT molecular complexity index is 631. The molecule has 0 saturated carbocycles. The minimum atomic E-state index is -0.261. The largest absolute Gasteiger partial charge is 0.492 e. The minimum Gasteiger partial charge on any atom is -0.492 e. The fraction of sp³-hybridized carbons (Fsp3) is 0.250. The van der Waals surface area contributed by atoms with Crippen molar-refractivity contribution >= 4 is 47.8 Å². The summed E-state index contributed by atoms with van der Waals surface area (Å²) in [6.07, 6.45) is 0.971. The predicted octanol–water partition coefficient (Wildman–Crippen LogP) is 6.62. The Hall–Kier alpha value is -0.390. The lowest BCUT2D eigenvalue weighted by Crippen LogP contribution is -1.98. The smallest absolute Gasteiger partial charge is 0.137 e. The Kier molecular flexibility index (Phi) is 6.26. The average molecular weight is 481 g/mol. The Morgan fingerprint density at radius 2 is 1.67 bits per heavy atom. The van der Waals surface area contributed by atoms with Crippen LogP contribution in [0.25, 0.3) is 0 Å². The molecule has 0 saturated heterocycles. The standard InChI is InChI=1S/C16H14Br3FO/c1-2-7-21-15-6-4-11(9-13(15)18)16(19)10-3-5-14(20)12(17)8-10/h3-6,8-9,16H,2,7H2,1H3. The Morgan fingerprint density at radius 1 is 1.05 bits per heavy atom. The molecule has 0 radical (unpaired) electrons. The first kappa shape index (κ1) is 17.0. The Labute approximate surface area is 149 Å². The van der Waals surface area contributed by atoms with Crippen LogP contribution in [0.3, 0.4) is 0 Å². The van der Waals surface area contributed by atoms with E-state index in [1.165, 1.54) is 6.07 Å². The zero-order valence-electron chi connectivity index (χ0n) is 11.4. The first-order valence-electron chi connectivity index (χ1n) is 6.54. The van der Waals surface area contributed by atoms with Crippen LogP contribution in [0.15, 0.2) is 45.3 Å². The van der Waals surface area contributed by atoms with Crippen LogP contribution >= 0.6 is 47.8 Å². The molecule has 0 aliphatic rings. The van der Waals surface area contributed by atoms with Crippen molar-refractivity contribution in [3.8, 4) is 5.75 Å². The highest BCUT2D eigenvalue weighted by molar-refractivity contribution is 9.11. The van der Waals surface area contributed by atoms with Crippen molar-refractivity contribution in [3.63, 3.8) is 0 Å². The van der Waals surface area contributed by atoms with E-state index in [4.69, 9.17) is 4.74 Å². The van der Waals surface area contributed by atoms with Gasteiger partial charge in [-0.15, -0.1) is 0 Å². The molecule has 0 heterocycles. The lowest BCUT2D eigenvalue weighted by Gasteiger charge is -2.14. The molecule has 0 aliphatic carbocycles. The van der Waals surface area contributed by atoms with Crippen molar-refractivity contribution in [1.29, 1.82) is 0 Å². The molecule has 1 unspecified atom stereocenters. The second-order valence-electron chi connectivity index (χ2n) is 4.57. The number of halogens is 4. The van der Waals surface area contributed by atoms with Crippen LogP contribution in [0, 0.1) is 5.82 Å². The maximum absolute atomic E-state index is 13.3. The highest BCUT2D eigenvalue weighted by Gasteiger charge is 2.14. The zero-order valence-corrected chi connectivity index (χ0v) is 16.1. The van der Waals surface area contributed by atoms with Crippen molar-refractivity contribution in [1.82, 2.24) is 0 Å². The van der Waals surface area contributed by atoms with Gasteiger partial charge in [-0.3, -0.25) is 0 Å². The van der Waals surface area contributed by atoms with Crippen molar-refractivity contribution < 1.29 is 9.13 Å². The predicted molar refractivity (Wildman–Crippen MR) is 94.8 cm³/mol. The third kappa shape index (κ3) is 4.30. The summed E-state index contributed by atoms with van der Waals surface area (Å²) in [5.74, 6) is 0.573. The molecule has 5 heteroatoms.